The van der Waals surface area contributed by atoms with E-state index in [-0.39, 0.29) is 45.1 Å². The Morgan fingerprint density at radius 2 is 1.49 bits per heavy atom. The predicted octanol–water partition coefficient (Wildman–Crippen LogP) is 7.75. The second-order valence-corrected chi connectivity index (χ2v) is 15.3. The van der Waals surface area contributed by atoms with Crippen molar-refractivity contribution >= 4 is 11.9 Å². The molecular weight excluding hydrogens is 460 g/mol. The molecule has 0 amide bonds. The van der Waals surface area contributed by atoms with Gasteiger partial charge >= 0.3 is 11.9 Å². The normalized spacial score (nSPS) is 50.1. The maximum Gasteiger partial charge on any atom is 0.312 e. The molecule has 0 heterocycles. The number of hydrogen-bond donors (Lipinski definition) is 0. The van der Waals surface area contributed by atoms with Crippen LogP contribution < -0.4 is 0 Å². The molecule has 0 bridgehead atoms. The number of hydrogen-bond acceptors (Lipinski definition) is 4. The molecule has 0 aromatic carbocycles. The van der Waals surface area contributed by atoms with Crippen LogP contribution in [0, 0.1) is 56.7 Å². The highest BCUT2D eigenvalue weighted by Crippen LogP contribution is 2.77. The zero-order chi connectivity index (χ0) is 27.2. The summed E-state index contributed by atoms with van der Waals surface area (Å²) in [6.45, 7) is 20.7. The first-order valence-electron chi connectivity index (χ1n) is 15.1. The van der Waals surface area contributed by atoms with E-state index in [0.29, 0.717) is 29.6 Å². The highest BCUT2D eigenvalue weighted by atomic mass is 16.5. The Morgan fingerprint density at radius 3 is 2.11 bits per heavy atom. The molecule has 0 spiro atoms. The minimum absolute atomic E-state index is 0.0130. The van der Waals surface area contributed by atoms with E-state index >= 15 is 0 Å². The molecule has 0 saturated heterocycles. The summed E-state index contributed by atoms with van der Waals surface area (Å²) in [5.41, 5.74) is 1.63. The fourth-order valence-electron chi connectivity index (χ4n) is 12.1. The van der Waals surface area contributed by atoms with Crippen LogP contribution in [0.2, 0.25) is 0 Å². The van der Waals surface area contributed by atoms with Crippen LogP contribution in [-0.2, 0) is 19.1 Å². The van der Waals surface area contributed by atoms with Crippen LogP contribution in [0.15, 0.2) is 12.2 Å². The van der Waals surface area contributed by atoms with Crippen molar-refractivity contribution in [2.45, 2.75) is 119 Å². The molecule has 0 unspecified atom stereocenters. The summed E-state index contributed by atoms with van der Waals surface area (Å²) in [4.78, 5) is 25.3. The van der Waals surface area contributed by atoms with Gasteiger partial charge in [0.1, 0.15) is 6.10 Å². The first-order chi connectivity index (χ1) is 17.2. The lowest BCUT2D eigenvalue weighted by molar-refractivity contribution is -0.250. The van der Waals surface area contributed by atoms with Gasteiger partial charge in [-0.3, -0.25) is 9.59 Å². The molecule has 5 saturated carbocycles. The first kappa shape index (κ1) is 27.3. The molecule has 0 N–H and O–H groups in total. The topological polar surface area (TPSA) is 52.6 Å². The number of carbonyl (C=O) groups is 2. The Bertz CT molecular complexity index is 983. The van der Waals surface area contributed by atoms with Gasteiger partial charge in [0.2, 0.25) is 0 Å². The van der Waals surface area contributed by atoms with Gasteiger partial charge in [0.25, 0.3) is 0 Å². The van der Waals surface area contributed by atoms with E-state index in [2.05, 4.69) is 48.1 Å². The average molecular weight is 513 g/mol. The molecule has 4 heteroatoms. The van der Waals surface area contributed by atoms with Crippen LogP contribution in [0.4, 0.5) is 0 Å². The van der Waals surface area contributed by atoms with Crippen LogP contribution in [0.1, 0.15) is 113 Å². The van der Waals surface area contributed by atoms with Crippen LogP contribution in [0.25, 0.3) is 0 Å². The summed E-state index contributed by atoms with van der Waals surface area (Å²) < 4.78 is 11.4. The third-order valence-electron chi connectivity index (χ3n) is 13.9. The third-order valence-corrected chi connectivity index (χ3v) is 13.9. The molecule has 4 nitrogen and oxygen atoms in total. The van der Waals surface area contributed by atoms with Gasteiger partial charge < -0.3 is 9.47 Å². The zero-order valence-electron chi connectivity index (χ0n) is 24.9. The molecule has 5 aliphatic rings. The first-order valence-corrected chi connectivity index (χ1v) is 15.1. The van der Waals surface area contributed by atoms with E-state index in [1.165, 1.54) is 31.3 Å². The maximum atomic E-state index is 13.4. The van der Waals surface area contributed by atoms with Gasteiger partial charge in [0.05, 0.1) is 12.5 Å². The van der Waals surface area contributed by atoms with Crippen molar-refractivity contribution < 1.29 is 19.1 Å². The molecule has 37 heavy (non-hydrogen) atoms. The van der Waals surface area contributed by atoms with Gasteiger partial charge in [0.15, 0.2) is 0 Å². The molecule has 0 aliphatic heterocycles. The van der Waals surface area contributed by atoms with E-state index in [9.17, 15) is 9.59 Å². The molecule has 0 aromatic heterocycles. The van der Waals surface area contributed by atoms with Crippen molar-refractivity contribution in [3.63, 3.8) is 0 Å². The summed E-state index contributed by atoms with van der Waals surface area (Å²) >= 11 is 0. The van der Waals surface area contributed by atoms with Crippen molar-refractivity contribution in [2.75, 3.05) is 7.11 Å². The van der Waals surface area contributed by atoms with Crippen LogP contribution in [0.3, 0.4) is 0 Å². The lowest BCUT2D eigenvalue weighted by atomic mass is 9.32. The maximum absolute atomic E-state index is 13.4. The Morgan fingerprint density at radius 1 is 0.784 bits per heavy atom. The van der Waals surface area contributed by atoms with Crippen LogP contribution >= 0.6 is 0 Å². The monoisotopic (exact) mass is 512 g/mol. The van der Waals surface area contributed by atoms with E-state index in [0.717, 1.165) is 38.5 Å². The van der Waals surface area contributed by atoms with E-state index < -0.39 is 0 Å². The predicted molar refractivity (Wildman–Crippen MR) is 147 cm³/mol. The fraction of sp³-hybridized carbons (Fsp3) is 0.879. The smallest absolute Gasteiger partial charge is 0.312 e. The molecule has 208 valence electrons. The van der Waals surface area contributed by atoms with Crippen molar-refractivity contribution in [3.8, 4) is 0 Å². The molecule has 5 fully saturated rings. The summed E-state index contributed by atoms with van der Waals surface area (Å²) in [5, 5.41) is 0. The third kappa shape index (κ3) is 3.45. The average Bonchev–Trinajstić information content (AvgIpc) is 3.22. The Labute approximate surface area is 225 Å². The molecule has 0 aromatic rings. The van der Waals surface area contributed by atoms with Gasteiger partial charge in [-0.25, -0.2) is 0 Å². The number of rotatable bonds is 3. The quantitative estimate of drug-likeness (QED) is 0.286. The summed E-state index contributed by atoms with van der Waals surface area (Å²) in [7, 11) is 1.59. The summed E-state index contributed by atoms with van der Waals surface area (Å²) in [6.07, 6.45) is 11.1. The van der Waals surface area contributed by atoms with Gasteiger partial charge in [-0.2, -0.15) is 0 Å². The van der Waals surface area contributed by atoms with Crippen molar-refractivity contribution in [2.24, 2.45) is 56.7 Å². The lowest BCUT2D eigenvalue weighted by Crippen LogP contribution is -2.67. The number of fused-ring (bicyclic) bond motifs is 7. The number of allylic oxidation sites excluding steroid dienone is 1. The summed E-state index contributed by atoms with van der Waals surface area (Å²) in [5.74, 6) is 2.43. The van der Waals surface area contributed by atoms with Gasteiger partial charge in [-0.05, 0) is 117 Å². The number of ether oxygens (including phenoxy) is 2. The second kappa shape index (κ2) is 8.59. The van der Waals surface area contributed by atoms with E-state index in [1.54, 1.807) is 14.0 Å². The van der Waals surface area contributed by atoms with E-state index in [4.69, 9.17) is 9.47 Å². The SMILES string of the molecule is C=C(C)[C@@H]1CC[C@@]2(C(=O)OC)CC[C@]3(C)[C@H](CC[C@H]4[C@@]5(C)CC[C@H](OC(C)=O)C(C)(C)[C@H]5CC[C@@]43C)[C@@H]12. The van der Waals surface area contributed by atoms with Crippen LogP contribution in [0.5, 0.6) is 0 Å². The lowest BCUT2D eigenvalue weighted by Gasteiger charge is -2.72. The minimum Gasteiger partial charge on any atom is -0.469 e. The standard InChI is InChI=1S/C33H52O4/c1-20(2)22-12-17-33(28(35)36-9)19-18-31(7)23(27(22)33)10-11-25-30(6)15-14-26(37-21(3)34)29(4,5)24(30)13-16-32(25,31)8/h22-27H,1,10-19H2,2-9H3/t22-,23+,24+,25-,26-,27+,30-,31+,32-,33+/m0/s1. The molecule has 0 radical (unpaired) electrons. The number of carbonyl (C=O) groups excluding carboxylic acids is 2. The highest BCUT2D eigenvalue weighted by Gasteiger charge is 2.72. The molecular formula is C33H52O4. The molecule has 10 atom stereocenters. The van der Waals surface area contributed by atoms with Gasteiger partial charge in [-0.15, -0.1) is 0 Å². The molecule has 5 aliphatic carbocycles. The van der Waals surface area contributed by atoms with Crippen molar-refractivity contribution in [1.82, 2.24) is 0 Å². The Balaban J connectivity index is 1.52. The fourth-order valence-corrected chi connectivity index (χ4v) is 12.1. The summed E-state index contributed by atoms with van der Waals surface area (Å²) in [6, 6.07) is 0. The number of esters is 2. The van der Waals surface area contributed by atoms with Gasteiger partial charge in [-0.1, -0.05) is 46.8 Å². The van der Waals surface area contributed by atoms with Crippen LogP contribution in [-0.4, -0.2) is 25.2 Å². The highest BCUT2D eigenvalue weighted by molar-refractivity contribution is 5.78. The molecule has 5 rings (SSSR count). The Hall–Kier alpha value is -1.32. The largest absolute Gasteiger partial charge is 0.469 e. The Kier molecular flexibility index (Phi) is 6.33. The zero-order valence-corrected chi connectivity index (χ0v) is 24.9. The van der Waals surface area contributed by atoms with Crippen molar-refractivity contribution in [1.29, 1.82) is 0 Å². The van der Waals surface area contributed by atoms with E-state index in [1.807, 2.05) is 0 Å². The minimum atomic E-state index is -0.322. The second-order valence-electron chi connectivity index (χ2n) is 15.3. The van der Waals surface area contributed by atoms with Crippen molar-refractivity contribution in [3.05, 3.63) is 12.2 Å². The van der Waals surface area contributed by atoms with Gasteiger partial charge in [0, 0.05) is 12.3 Å². The number of methoxy groups -OCH3 is 1.